The molecule has 0 fully saturated rings. The fourth-order valence-corrected chi connectivity index (χ4v) is 3.70. The van der Waals surface area contributed by atoms with Crippen LogP contribution in [0.25, 0.3) is 11.6 Å². The lowest BCUT2D eigenvalue weighted by Gasteiger charge is -1.98. The molecule has 2 N–H and O–H groups in total. The number of aromatic nitrogens is 3. The molecule has 1 aromatic carbocycles. The van der Waals surface area contributed by atoms with Crippen LogP contribution in [0, 0.1) is 0 Å². The number of benzene rings is 1. The summed E-state index contributed by atoms with van der Waals surface area (Å²) in [5.74, 6) is 2.08. The highest BCUT2D eigenvalue weighted by atomic mass is 32.2. The monoisotopic (exact) mass is 343 g/mol. The first-order valence-electron chi connectivity index (χ1n) is 7.25. The van der Waals surface area contributed by atoms with Crippen molar-refractivity contribution < 1.29 is 12.8 Å². The number of hydrogen-bond donors (Lipinski definition) is 2. The highest BCUT2D eigenvalue weighted by Gasteiger charge is 2.29. The molecular weight excluding hydrogens is 330 g/mol. The lowest BCUT2D eigenvalue weighted by atomic mass is 10.2. The molecule has 24 heavy (non-hydrogen) atoms. The van der Waals surface area contributed by atoms with Crippen molar-refractivity contribution >= 4 is 15.9 Å². The Hall–Kier alpha value is -2.94. The number of nitrogens with zero attached hydrogens (tertiary/aromatic N) is 3. The van der Waals surface area contributed by atoms with Gasteiger partial charge in [0.1, 0.15) is 11.7 Å². The van der Waals surface area contributed by atoms with Crippen LogP contribution in [0.1, 0.15) is 11.4 Å². The maximum atomic E-state index is 12.0. The second-order valence-corrected chi connectivity index (χ2v) is 6.82. The zero-order chi connectivity index (χ0) is 16.6. The summed E-state index contributed by atoms with van der Waals surface area (Å²) in [6, 6.07) is 10.3. The maximum Gasteiger partial charge on any atom is 0.263 e. The van der Waals surface area contributed by atoms with Gasteiger partial charge in [0.15, 0.2) is 5.76 Å². The van der Waals surface area contributed by atoms with Crippen LogP contribution in [0.15, 0.2) is 57.0 Å². The third kappa shape index (κ3) is 2.58. The summed E-state index contributed by atoms with van der Waals surface area (Å²) in [5, 5.41) is 6.90. The predicted octanol–water partition coefficient (Wildman–Crippen LogP) is 1.35. The average molecular weight is 343 g/mol. The van der Waals surface area contributed by atoms with Gasteiger partial charge in [0.25, 0.3) is 10.0 Å². The topological polar surface area (TPSA) is 113 Å². The molecule has 4 rings (SSSR count). The molecule has 0 aliphatic carbocycles. The van der Waals surface area contributed by atoms with Gasteiger partial charge in [0.2, 0.25) is 5.82 Å². The van der Waals surface area contributed by atoms with Gasteiger partial charge in [-0.15, -0.1) is 0 Å². The number of H-pyrrole nitrogens is 1. The molecule has 3 aromatic rings. The molecule has 2 aromatic heterocycles. The fraction of sp³-hybridized carbons (Fsp3) is 0.133. The van der Waals surface area contributed by atoms with E-state index in [-0.39, 0.29) is 4.90 Å². The van der Waals surface area contributed by atoms with E-state index in [0.29, 0.717) is 41.8 Å². The predicted molar refractivity (Wildman–Crippen MR) is 86.0 cm³/mol. The highest BCUT2D eigenvalue weighted by Crippen LogP contribution is 2.22. The third-order valence-corrected chi connectivity index (χ3v) is 4.95. The van der Waals surface area contributed by atoms with E-state index in [0.717, 1.165) is 0 Å². The molecule has 0 bridgehead atoms. The normalized spacial score (nSPS) is 16.9. The van der Waals surface area contributed by atoms with Gasteiger partial charge in [-0.3, -0.25) is 14.8 Å². The molecule has 0 atom stereocenters. The van der Waals surface area contributed by atoms with E-state index >= 15 is 0 Å². The first-order chi connectivity index (χ1) is 11.6. The Morgan fingerprint density at radius 3 is 2.88 bits per heavy atom. The second-order valence-electron chi connectivity index (χ2n) is 5.16. The van der Waals surface area contributed by atoms with Crippen molar-refractivity contribution in [1.82, 2.24) is 19.9 Å². The fourth-order valence-electron chi connectivity index (χ4n) is 2.45. The second kappa shape index (κ2) is 5.60. The molecule has 8 nitrogen and oxygen atoms in total. The largest absolute Gasteiger partial charge is 0.461 e. The first-order valence-corrected chi connectivity index (χ1v) is 8.74. The number of aromatic amines is 1. The van der Waals surface area contributed by atoms with Crippen molar-refractivity contribution in [1.29, 1.82) is 0 Å². The zero-order valence-corrected chi connectivity index (χ0v) is 13.2. The van der Waals surface area contributed by atoms with Gasteiger partial charge in [0.05, 0.1) is 11.2 Å². The minimum atomic E-state index is -3.50. The van der Waals surface area contributed by atoms with Crippen molar-refractivity contribution in [3.63, 3.8) is 0 Å². The Kier molecular flexibility index (Phi) is 3.42. The van der Waals surface area contributed by atoms with E-state index in [4.69, 9.17) is 4.42 Å². The van der Waals surface area contributed by atoms with E-state index in [9.17, 15) is 8.42 Å². The van der Waals surface area contributed by atoms with Gasteiger partial charge in [-0.05, 0) is 24.3 Å². The molecule has 122 valence electrons. The van der Waals surface area contributed by atoms with Crippen molar-refractivity contribution in [3.8, 4) is 11.6 Å². The van der Waals surface area contributed by atoms with Crippen molar-refractivity contribution in [2.45, 2.75) is 11.3 Å². The summed E-state index contributed by atoms with van der Waals surface area (Å²) in [7, 11) is -3.50. The molecule has 3 heterocycles. The number of sulfonamides is 1. The van der Waals surface area contributed by atoms with Crippen molar-refractivity contribution in [2.24, 2.45) is 4.99 Å². The van der Waals surface area contributed by atoms with Gasteiger partial charge in [-0.25, -0.2) is 13.4 Å². The van der Waals surface area contributed by atoms with Gasteiger partial charge < -0.3 is 4.42 Å². The number of fused-ring (bicyclic) bond motifs is 1. The zero-order valence-electron chi connectivity index (χ0n) is 12.4. The quantitative estimate of drug-likeness (QED) is 0.742. The minimum Gasteiger partial charge on any atom is -0.461 e. The first kappa shape index (κ1) is 14.6. The Morgan fingerprint density at radius 1 is 1.17 bits per heavy atom. The number of amidine groups is 1. The summed E-state index contributed by atoms with van der Waals surface area (Å²) >= 11 is 0. The molecule has 1 aliphatic rings. The van der Waals surface area contributed by atoms with Crippen LogP contribution in [0.4, 0.5) is 0 Å². The molecule has 0 radical (unpaired) electrons. The SMILES string of the molecule is O=S1(=O)NC(=NCCc2nc(-c3ccco3)n[nH]2)c2ccccc21. The Labute approximate surface area is 137 Å². The van der Waals surface area contributed by atoms with E-state index in [2.05, 4.69) is 24.9 Å². The smallest absolute Gasteiger partial charge is 0.263 e. The van der Waals surface area contributed by atoms with Gasteiger partial charge >= 0.3 is 0 Å². The Balaban J connectivity index is 1.49. The summed E-state index contributed by atoms with van der Waals surface area (Å²) in [6.07, 6.45) is 2.06. The van der Waals surface area contributed by atoms with Crippen LogP contribution >= 0.6 is 0 Å². The maximum absolute atomic E-state index is 12.0. The van der Waals surface area contributed by atoms with E-state index in [1.165, 1.54) is 0 Å². The van der Waals surface area contributed by atoms with E-state index in [1.54, 1.807) is 42.7 Å². The van der Waals surface area contributed by atoms with Crippen LogP contribution in [0.5, 0.6) is 0 Å². The minimum absolute atomic E-state index is 0.253. The molecular formula is C15H13N5O3S. The molecule has 9 heteroatoms. The van der Waals surface area contributed by atoms with Crippen LogP contribution in [-0.4, -0.2) is 36.0 Å². The average Bonchev–Trinajstić information content (AvgIpc) is 3.28. The third-order valence-electron chi connectivity index (χ3n) is 3.55. The number of furan rings is 1. The molecule has 0 spiro atoms. The van der Waals surface area contributed by atoms with Crippen molar-refractivity contribution in [2.75, 3.05) is 6.54 Å². The Morgan fingerprint density at radius 2 is 2.04 bits per heavy atom. The van der Waals surface area contributed by atoms with Crippen LogP contribution in [0.3, 0.4) is 0 Å². The number of nitrogens with one attached hydrogen (secondary N) is 2. The number of rotatable bonds is 4. The Bertz CT molecular complexity index is 1010. The van der Waals surface area contributed by atoms with Crippen LogP contribution in [0.2, 0.25) is 0 Å². The van der Waals surface area contributed by atoms with E-state index < -0.39 is 10.0 Å². The molecule has 0 saturated heterocycles. The molecule has 1 aliphatic heterocycles. The molecule has 0 saturated carbocycles. The van der Waals surface area contributed by atoms with E-state index in [1.807, 2.05) is 0 Å². The van der Waals surface area contributed by atoms with Gasteiger partial charge in [-0.2, -0.15) is 5.10 Å². The summed E-state index contributed by atoms with van der Waals surface area (Å²) in [5.41, 5.74) is 0.589. The standard InChI is InChI=1S/C15H13N5O3S/c21-24(22)12-6-2-1-4-10(12)14(20-24)16-8-7-13-17-15(19-18-13)11-5-3-9-23-11/h1-6,9H,7-8H2,(H,16,20)(H,17,18,19). The van der Waals surface area contributed by atoms with Crippen LogP contribution in [-0.2, 0) is 16.4 Å². The lowest BCUT2D eigenvalue weighted by Crippen LogP contribution is -2.22. The number of aliphatic imine (C=N–C) groups is 1. The van der Waals surface area contributed by atoms with Gasteiger partial charge in [-0.1, -0.05) is 12.1 Å². The highest BCUT2D eigenvalue weighted by molar-refractivity contribution is 7.90. The molecule has 0 unspecified atom stereocenters. The lowest BCUT2D eigenvalue weighted by molar-refractivity contribution is 0.577. The summed E-state index contributed by atoms with van der Waals surface area (Å²) < 4.78 is 31.7. The van der Waals surface area contributed by atoms with Crippen LogP contribution < -0.4 is 4.72 Å². The summed E-state index contributed by atoms with van der Waals surface area (Å²) in [6.45, 7) is 0.374. The number of hydrogen-bond acceptors (Lipinski definition) is 6. The van der Waals surface area contributed by atoms with Gasteiger partial charge in [0, 0.05) is 18.5 Å². The summed E-state index contributed by atoms with van der Waals surface area (Å²) in [4.78, 5) is 8.92. The van der Waals surface area contributed by atoms with Crippen molar-refractivity contribution in [3.05, 3.63) is 54.0 Å². The molecule has 0 amide bonds.